The highest BCUT2D eigenvalue weighted by molar-refractivity contribution is 8.05. The van der Waals surface area contributed by atoms with Crippen LogP contribution in [0.5, 0.6) is 0 Å². The Kier molecular flexibility index (Phi) is 7.04. The standard InChI is InChI=1S/C28H26N6O2S/c1-32(2)22-15-12-21(13-16-22)18-25-28(36)34(27(37-25)17-14-20-8-4-3-5-9-20)30-26(35)19-33-24-11-7-6-10-23(24)29-31-33/h3-18,27H,19H2,1-2H3,(H,30,35)/b17-14+,25-18-. The predicted molar refractivity (Wildman–Crippen MR) is 148 cm³/mol. The number of hydrogen-bond acceptors (Lipinski definition) is 6. The first kappa shape index (κ1) is 24.3. The van der Waals surface area contributed by atoms with Gasteiger partial charge in [-0.2, -0.15) is 0 Å². The van der Waals surface area contributed by atoms with Crippen molar-refractivity contribution in [2.24, 2.45) is 0 Å². The van der Waals surface area contributed by atoms with Gasteiger partial charge in [0.1, 0.15) is 17.4 Å². The number of nitrogens with zero attached hydrogens (tertiary/aromatic N) is 5. The molecular formula is C28H26N6O2S. The average Bonchev–Trinajstić information content (AvgIpc) is 3.44. The molecule has 1 aromatic heterocycles. The Morgan fingerprint density at radius 2 is 1.73 bits per heavy atom. The fourth-order valence-corrected chi connectivity index (χ4v) is 4.99. The third-order valence-corrected chi connectivity index (χ3v) is 7.01. The third kappa shape index (κ3) is 5.57. The van der Waals surface area contributed by atoms with Gasteiger partial charge in [0.2, 0.25) is 0 Å². The van der Waals surface area contributed by atoms with Gasteiger partial charge in [0.15, 0.2) is 0 Å². The number of nitrogens with one attached hydrogen (secondary N) is 1. The second-order valence-electron chi connectivity index (χ2n) is 8.72. The van der Waals surface area contributed by atoms with E-state index in [-0.39, 0.29) is 18.4 Å². The molecule has 0 spiro atoms. The van der Waals surface area contributed by atoms with Gasteiger partial charge in [-0.3, -0.25) is 15.0 Å². The number of amides is 2. The minimum absolute atomic E-state index is 0.0604. The minimum atomic E-state index is -0.406. The van der Waals surface area contributed by atoms with Gasteiger partial charge in [0.05, 0.1) is 10.4 Å². The van der Waals surface area contributed by atoms with Gasteiger partial charge in [-0.15, -0.1) is 5.10 Å². The monoisotopic (exact) mass is 510 g/mol. The van der Waals surface area contributed by atoms with Crippen LogP contribution in [0.15, 0.2) is 89.8 Å². The summed E-state index contributed by atoms with van der Waals surface area (Å²) < 4.78 is 1.52. The van der Waals surface area contributed by atoms with Gasteiger partial charge in [-0.25, -0.2) is 9.69 Å². The molecule has 2 heterocycles. The summed E-state index contributed by atoms with van der Waals surface area (Å²) in [5.41, 5.74) is 7.25. The van der Waals surface area contributed by atoms with Gasteiger partial charge in [0.25, 0.3) is 11.8 Å². The molecule has 1 aliphatic rings. The van der Waals surface area contributed by atoms with Gasteiger partial charge in [-0.1, -0.05) is 77.6 Å². The van der Waals surface area contributed by atoms with E-state index in [0.29, 0.717) is 10.4 Å². The predicted octanol–water partition coefficient (Wildman–Crippen LogP) is 4.18. The maximum absolute atomic E-state index is 13.4. The SMILES string of the molecule is CN(C)c1ccc(/C=C2\SC(/C=C/c3ccccc3)N(NC(=O)Cn3nnc4ccccc43)C2=O)cc1. The molecule has 0 saturated carbocycles. The van der Waals surface area contributed by atoms with E-state index in [9.17, 15) is 9.59 Å². The van der Waals surface area contributed by atoms with E-state index in [4.69, 9.17) is 0 Å². The van der Waals surface area contributed by atoms with Crippen molar-refractivity contribution in [2.75, 3.05) is 19.0 Å². The molecule has 0 radical (unpaired) electrons. The number of thioether (sulfide) groups is 1. The van der Waals surface area contributed by atoms with Crippen molar-refractivity contribution in [3.05, 3.63) is 101 Å². The van der Waals surface area contributed by atoms with E-state index >= 15 is 0 Å². The lowest BCUT2D eigenvalue weighted by atomic mass is 10.2. The zero-order chi connectivity index (χ0) is 25.8. The van der Waals surface area contributed by atoms with Crippen molar-refractivity contribution in [2.45, 2.75) is 11.9 Å². The average molecular weight is 511 g/mol. The first-order valence-electron chi connectivity index (χ1n) is 11.8. The van der Waals surface area contributed by atoms with Crippen LogP contribution in [-0.2, 0) is 16.1 Å². The van der Waals surface area contributed by atoms with Crippen LogP contribution in [0.2, 0.25) is 0 Å². The number of fused-ring (bicyclic) bond motifs is 1. The Labute approximate surface area is 219 Å². The second kappa shape index (κ2) is 10.7. The van der Waals surface area contributed by atoms with Crippen LogP contribution in [-0.4, -0.2) is 51.3 Å². The summed E-state index contributed by atoms with van der Waals surface area (Å²) in [7, 11) is 3.96. The molecule has 1 N–H and O–H groups in total. The van der Waals surface area contributed by atoms with Crippen LogP contribution in [0.3, 0.4) is 0 Å². The van der Waals surface area contributed by atoms with Crippen molar-refractivity contribution < 1.29 is 9.59 Å². The fourth-order valence-electron chi connectivity index (χ4n) is 3.92. The van der Waals surface area contributed by atoms with E-state index < -0.39 is 5.37 Å². The summed E-state index contributed by atoms with van der Waals surface area (Å²) in [4.78, 5) is 29.0. The van der Waals surface area contributed by atoms with Crippen LogP contribution in [0.4, 0.5) is 5.69 Å². The number of para-hydroxylation sites is 1. The van der Waals surface area contributed by atoms with Gasteiger partial charge < -0.3 is 4.90 Å². The summed E-state index contributed by atoms with van der Waals surface area (Å²) in [5.74, 6) is -0.625. The van der Waals surface area contributed by atoms with Gasteiger partial charge >= 0.3 is 0 Å². The summed E-state index contributed by atoms with van der Waals surface area (Å²) in [6.45, 7) is -0.0604. The largest absolute Gasteiger partial charge is 0.378 e. The molecule has 1 saturated heterocycles. The molecule has 5 rings (SSSR count). The second-order valence-corrected chi connectivity index (χ2v) is 9.88. The van der Waals surface area contributed by atoms with E-state index in [1.165, 1.54) is 21.5 Å². The number of carbonyl (C=O) groups excluding carboxylic acids is 2. The molecule has 2 amide bonds. The maximum Gasteiger partial charge on any atom is 0.280 e. The van der Waals surface area contributed by atoms with Gasteiger partial charge in [0, 0.05) is 19.8 Å². The Morgan fingerprint density at radius 3 is 2.49 bits per heavy atom. The van der Waals surface area contributed by atoms with Crippen LogP contribution in [0.1, 0.15) is 11.1 Å². The van der Waals surface area contributed by atoms with E-state index in [2.05, 4.69) is 15.7 Å². The van der Waals surface area contributed by atoms with Crippen molar-refractivity contribution in [3.8, 4) is 0 Å². The van der Waals surface area contributed by atoms with Crippen molar-refractivity contribution in [3.63, 3.8) is 0 Å². The Bertz CT molecular complexity index is 1480. The molecule has 0 bridgehead atoms. The zero-order valence-electron chi connectivity index (χ0n) is 20.5. The number of rotatable bonds is 7. The fraction of sp³-hybridized carbons (Fsp3) is 0.143. The number of hydrogen-bond donors (Lipinski definition) is 1. The topological polar surface area (TPSA) is 83.4 Å². The van der Waals surface area contributed by atoms with E-state index in [1.807, 2.05) is 116 Å². The molecule has 1 fully saturated rings. The molecule has 9 heteroatoms. The molecule has 4 aromatic rings. The number of aromatic nitrogens is 3. The first-order chi connectivity index (χ1) is 18.0. The van der Waals surface area contributed by atoms with Gasteiger partial charge in [-0.05, 0) is 47.5 Å². The first-order valence-corrected chi connectivity index (χ1v) is 12.7. The lowest BCUT2D eigenvalue weighted by Crippen LogP contribution is -2.47. The van der Waals surface area contributed by atoms with Crippen LogP contribution in [0, 0.1) is 0 Å². The Morgan fingerprint density at radius 1 is 1.00 bits per heavy atom. The van der Waals surface area contributed by atoms with E-state index in [0.717, 1.165) is 22.3 Å². The molecule has 8 nitrogen and oxygen atoms in total. The Balaban J connectivity index is 1.38. The molecule has 3 aromatic carbocycles. The zero-order valence-corrected chi connectivity index (χ0v) is 21.3. The van der Waals surface area contributed by atoms with Crippen LogP contribution >= 0.6 is 11.8 Å². The minimum Gasteiger partial charge on any atom is -0.378 e. The van der Waals surface area contributed by atoms with E-state index in [1.54, 1.807) is 0 Å². The maximum atomic E-state index is 13.4. The summed E-state index contributed by atoms with van der Waals surface area (Å²) in [6, 6.07) is 25.2. The van der Waals surface area contributed by atoms with Crippen molar-refractivity contribution >= 4 is 52.4 Å². The molecule has 1 unspecified atom stereocenters. The third-order valence-electron chi connectivity index (χ3n) is 5.85. The molecule has 37 heavy (non-hydrogen) atoms. The molecule has 1 aliphatic heterocycles. The smallest absolute Gasteiger partial charge is 0.280 e. The molecule has 1 atom stereocenters. The molecule has 0 aliphatic carbocycles. The number of anilines is 1. The number of hydrazine groups is 1. The molecular weight excluding hydrogens is 484 g/mol. The quantitative estimate of drug-likeness (QED) is 0.376. The number of carbonyl (C=O) groups is 2. The van der Waals surface area contributed by atoms with Crippen molar-refractivity contribution in [1.29, 1.82) is 0 Å². The lowest BCUT2D eigenvalue weighted by molar-refractivity contribution is -0.137. The number of benzene rings is 3. The summed E-state index contributed by atoms with van der Waals surface area (Å²) >= 11 is 1.39. The normalized spacial score (nSPS) is 16.7. The van der Waals surface area contributed by atoms with Crippen molar-refractivity contribution in [1.82, 2.24) is 25.4 Å². The highest BCUT2D eigenvalue weighted by atomic mass is 32.2. The van der Waals surface area contributed by atoms with Crippen LogP contribution in [0.25, 0.3) is 23.2 Å². The highest BCUT2D eigenvalue weighted by Crippen LogP contribution is 2.36. The summed E-state index contributed by atoms with van der Waals surface area (Å²) in [6.07, 6.45) is 5.72. The molecule has 186 valence electrons. The lowest BCUT2D eigenvalue weighted by Gasteiger charge is -2.21. The van der Waals surface area contributed by atoms with Crippen LogP contribution < -0.4 is 10.3 Å². The Hall–Kier alpha value is -4.37. The summed E-state index contributed by atoms with van der Waals surface area (Å²) in [5, 5.41) is 9.15. The highest BCUT2D eigenvalue weighted by Gasteiger charge is 2.36.